The summed E-state index contributed by atoms with van der Waals surface area (Å²) in [7, 11) is 0. The Morgan fingerprint density at radius 1 is 0.577 bits per heavy atom. The van der Waals surface area contributed by atoms with Gasteiger partial charge in [0, 0.05) is 12.2 Å². The highest BCUT2D eigenvalue weighted by molar-refractivity contribution is 5.79. The summed E-state index contributed by atoms with van der Waals surface area (Å²) < 4.78 is 0. The molecule has 0 saturated carbocycles. The van der Waals surface area contributed by atoms with Crippen molar-refractivity contribution in [2.75, 3.05) is 0 Å². The van der Waals surface area contributed by atoms with E-state index >= 15 is 0 Å². The molecule has 0 unspecified atom stereocenters. The number of hydrogen-bond donors (Lipinski definition) is 2. The number of hydrogen-bond acceptors (Lipinski definition) is 2. The Morgan fingerprint density at radius 2 is 0.885 bits per heavy atom. The van der Waals surface area contributed by atoms with Gasteiger partial charge < -0.3 is 10.2 Å². The molecule has 0 aliphatic heterocycles. The van der Waals surface area contributed by atoms with Crippen LogP contribution in [0.25, 0.3) is 0 Å². The number of unbranched alkanes of at least 4 members (excludes halogenated alkanes) is 12. The maximum Gasteiger partial charge on any atom is 0.327 e. The predicted octanol–water partition coefficient (Wildman–Crippen LogP) is 6.76. The van der Waals surface area contributed by atoms with Crippen LogP contribution < -0.4 is 0 Å². The van der Waals surface area contributed by atoms with Crippen LogP contribution in [0.3, 0.4) is 0 Å². The zero-order valence-electron chi connectivity index (χ0n) is 16.9. The van der Waals surface area contributed by atoms with E-state index < -0.39 is 11.9 Å². The summed E-state index contributed by atoms with van der Waals surface area (Å²) in [5, 5.41) is 16.6. The Bertz CT molecular complexity index is 336. The molecule has 4 heteroatoms. The van der Waals surface area contributed by atoms with E-state index in [0.717, 1.165) is 25.7 Å². The normalized spacial score (nSPS) is 10.8. The van der Waals surface area contributed by atoms with Crippen molar-refractivity contribution in [2.45, 2.75) is 104 Å². The third-order valence-corrected chi connectivity index (χ3v) is 3.97. The number of rotatable bonds is 16. The average molecular weight is 369 g/mol. The first-order valence-corrected chi connectivity index (χ1v) is 10.3. The van der Waals surface area contributed by atoms with Crippen molar-refractivity contribution >= 4 is 11.9 Å². The summed E-state index contributed by atoms with van der Waals surface area (Å²) in [5.74, 6) is -1.68. The highest BCUT2D eigenvalue weighted by Gasteiger charge is 1.90. The van der Waals surface area contributed by atoms with Crippen molar-refractivity contribution in [3.8, 4) is 0 Å². The molecule has 4 nitrogen and oxygen atoms in total. The van der Waals surface area contributed by atoms with Crippen LogP contribution in [-0.2, 0) is 9.59 Å². The molecule has 0 atom stereocenters. The van der Waals surface area contributed by atoms with E-state index in [2.05, 4.69) is 13.8 Å². The van der Waals surface area contributed by atoms with Gasteiger partial charge in [-0.2, -0.15) is 0 Å². The second kappa shape index (κ2) is 23.4. The first-order chi connectivity index (χ1) is 12.5. The molecule has 0 aromatic carbocycles. The number of aliphatic carboxylic acids is 2. The van der Waals surface area contributed by atoms with Crippen LogP contribution in [0.5, 0.6) is 0 Å². The van der Waals surface area contributed by atoms with Gasteiger partial charge in [-0.3, -0.25) is 0 Å². The molecule has 152 valence electrons. The quantitative estimate of drug-likeness (QED) is 0.233. The van der Waals surface area contributed by atoms with E-state index in [9.17, 15) is 9.59 Å². The lowest BCUT2D eigenvalue weighted by Gasteiger charge is -1.96. The summed E-state index contributed by atoms with van der Waals surface area (Å²) in [6.45, 7) is 4.41. The lowest BCUT2D eigenvalue weighted by Crippen LogP contribution is -1.85. The standard InChI is InChI=1S/2C11H20O2/c2*1-2-3-4-5-6-7-8-9-10-11(12)13/h2*9-10H,2-8H2,1H3,(H,12,13). The van der Waals surface area contributed by atoms with Crippen LogP contribution in [0.15, 0.2) is 24.3 Å². The van der Waals surface area contributed by atoms with Gasteiger partial charge in [0.1, 0.15) is 0 Å². The summed E-state index contributed by atoms with van der Waals surface area (Å²) in [4.78, 5) is 20.2. The zero-order chi connectivity index (χ0) is 19.9. The SMILES string of the molecule is CCCCCCCCC=CC(=O)O.CCCCCCCCC=CC(=O)O. The fourth-order valence-electron chi connectivity index (χ4n) is 2.45. The average Bonchev–Trinajstić information content (AvgIpc) is 2.60. The molecule has 0 aromatic rings. The van der Waals surface area contributed by atoms with Crippen LogP contribution in [0.2, 0.25) is 0 Å². The molecule has 0 radical (unpaired) electrons. The molecule has 0 spiro atoms. The molecule has 0 saturated heterocycles. The van der Waals surface area contributed by atoms with Crippen molar-refractivity contribution in [1.82, 2.24) is 0 Å². The maximum absolute atomic E-state index is 10.1. The minimum absolute atomic E-state index is 0.842. The molecule has 0 amide bonds. The number of carboxylic acids is 2. The Morgan fingerprint density at radius 3 is 1.19 bits per heavy atom. The monoisotopic (exact) mass is 368 g/mol. The summed E-state index contributed by atoms with van der Waals surface area (Å²) in [6.07, 6.45) is 22.8. The second-order valence-corrected chi connectivity index (χ2v) is 6.59. The fourth-order valence-corrected chi connectivity index (χ4v) is 2.45. The summed E-state index contributed by atoms with van der Waals surface area (Å²) >= 11 is 0. The van der Waals surface area contributed by atoms with E-state index in [4.69, 9.17) is 10.2 Å². The third-order valence-electron chi connectivity index (χ3n) is 3.97. The number of allylic oxidation sites excluding steroid dienone is 2. The van der Waals surface area contributed by atoms with Gasteiger partial charge in [0.05, 0.1) is 0 Å². The molecular weight excluding hydrogens is 328 g/mol. The Kier molecular flexibility index (Phi) is 24.0. The van der Waals surface area contributed by atoms with Crippen LogP contribution in [0.1, 0.15) is 104 Å². The number of carbonyl (C=O) groups is 2. The van der Waals surface area contributed by atoms with Crippen LogP contribution in [0.4, 0.5) is 0 Å². The van der Waals surface area contributed by atoms with Gasteiger partial charge in [-0.05, 0) is 25.7 Å². The fraction of sp³-hybridized carbons (Fsp3) is 0.727. The first-order valence-electron chi connectivity index (χ1n) is 10.3. The van der Waals surface area contributed by atoms with E-state index in [-0.39, 0.29) is 0 Å². The van der Waals surface area contributed by atoms with E-state index in [0.29, 0.717) is 0 Å². The molecule has 0 aliphatic rings. The largest absolute Gasteiger partial charge is 0.478 e. The lowest BCUT2D eigenvalue weighted by atomic mass is 10.1. The molecule has 0 bridgehead atoms. The van der Waals surface area contributed by atoms with E-state index in [1.807, 2.05) is 0 Å². The minimum Gasteiger partial charge on any atom is -0.478 e. The molecule has 0 aliphatic carbocycles. The van der Waals surface area contributed by atoms with E-state index in [1.54, 1.807) is 12.2 Å². The smallest absolute Gasteiger partial charge is 0.327 e. The number of carboxylic acid groups (broad SMARTS) is 2. The van der Waals surface area contributed by atoms with Crippen molar-refractivity contribution in [3.05, 3.63) is 24.3 Å². The third kappa shape index (κ3) is 30.3. The van der Waals surface area contributed by atoms with Crippen LogP contribution in [-0.4, -0.2) is 22.2 Å². The van der Waals surface area contributed by atoms with Crippen molar-refractivity contribution in [3.63, 3.8) is 0 Å². The van der Waals surface area contributed by atoms with Gasteiger partial charge >= 0.3 is 11.9 Å². The Balaban J connectivity index is 0. The maximum atomic E-state index is 10.1. The van der Waals surface area contributed by atoms with Gasteiger partial charge in [0.25, 0.3) is 0 Å². The minimum atomic E-state index is -0.842. The summed E-state index contributed by atoms with van der Waals surface area (Å²) in [6, 6.07) is 0. The topological polar surface area (TPSA) is 74.6 Å². The summed E-state index contributed by atoms with van der Waals surface area (Å²) in [5.41, 5.74) is 0. The molecule has 26 heavy (non-hydrogen) atoms. The molecular formula is C22H40O4. The van der Waals surface area contributed by atoms with Crippen molar-refractivity contribution in [1.29, 1.82) is 0 Å². The second-order valence-electron chi connectivity index (χ2n) is 6.59. The van der Waals surface area contributed by atoms with Gasteiger partial charge in [-0.1, -0.05) is 90.2 Å². The highest BCUT2D eigenvalue weighted by atomic mass is 16.4. The van der Waals surface area contributed by atoms with Gasteiger partial charge in [-0.15, -0.1) is 0 Å². The Hall–Kier alpha value is -1.58. The van der Waals surface area contributed by atoms with Gasteiger partial charge in [-0.25, -0.2) is 9.59 Å². The first kappa shape index (κ1) is 26.6. The van der Waals surface area contributed by atoms with Crippen LogP contribution >= 0.6 is 0 Å². The van der Waals surface area contributed by atoms with Gasteiger partial charge in [0.15, 0.2) is 0 Å². The predicted molar refractivity (Wildman–Crippen MR) is 110 cm³/mol. The van der Waals surface area contributed by atoms with E-state index in [1.165, 1.54) is 76.4 Å². The van der Waals surface area contributed by atoms with Crippen molar-refractivity contribution < 1.29 is 19.8 Å². The molecule has 0 heterocycles. The Labute approximate surface area is 160 Å². The molecule has 0 rings (SSSR count). The van der Waals surface area contributed by atoms with Crippen molar-refractivity contribution in [2.24, 2.45) is 0 Å². The van der Waals surface area contributed by atoms with Gasteiger partial charge in [0.2, 0.25) is 0 Å². The molecule has 0 aromatic heterocycles. The highest BCUT2D eigenvalue weighted by Crippen LogP contribution is 2.07. The lowest BCUT2D eigenvalue weighted by molar-refractivity contribution is -0.132. The molecule has 2 N–H and O–H groups in total. The molecule has 0 fully saturated rings. The zero-order valence-corrected chi connectivity index (χ0v) is 16.9. The van der Waals surface area contributed by atoms with Crippen LogP contribution in [0, 0.1) is 0 Å².